The molecule has 0 amide bonds. The number of aromatic nitrogens is 1. The SMILES string of the molecule is CC(C)CCCOc1ccc(C(=N)N)cn1. The average Bonchev–Trinajstić information content (AvgIpc) is 2.25. The van der Waals surface area contributed by atoms with E-state index in [0.29, 0.717) is 24.0 Å². The van der Waals surface area contributed by atoms with Gasteiger partial charge in [-0.05, 0) is 24.8 Å². The molecule has 1 heterocycles. The van der Waals surface area contributed by atoms with E-state index in [4.69, 9.17) is 15.9 Å². The van der Waals surface area contributed by atoms with Crippen molar-refractivity contribution in [3.05, 3.63) is 23.9 Å². The first-order chi connectivity index (χ1) is 7.59. The van der Waals surface area contributed by atoms with E-state index in [-0.39, 0.29) is 5.84 Å². The van der Waals surface area contributed by atoms with Crippen LogP contribution in [0.15, 0.2) is 18.3 Å². The Kier molecular flexibility index (Phi) is 4.76. The molecule has 3 N–H and O–H groups in total. The van der Waals surface area contributed by atoms with Crippen molar-refractivity contribution in [2.45, 2.75) is 26.7 Å². The molecular formula is C12H19N3O. The molecule has 1 rings (SSSR count). The Bertz CT molecular complexity index is 333. The number of hydrogen-bond acceptors (Lipinski definition) is 3. The number of nitrogen functional groups attached to an aromatic ring is 1. The quantitative estimate of drug-likeness (QED) is 0.439. The second-order valence-corrected chi connectivity index (χ2v) is 4.18. The maximum absolute atomic E-state index is 7.22. The molecule has 0 atom stereocenters. The van der Waals surface area contributed by atoms with E-state index in [2.05, 4.69) is 18.8 Å². The van der Waals surface area contributed by atoms with Gasteiger partial charge in [0.25, 0.3) is 0 Å². The van der Waals surface area contributed by atoms with Crippen LogP contribution in [0.4, 0.5) is 0 Å². The third kappa shape index (κ3) is 4.29. The van der Waals surface area contributed by atoms with E-state index in [0.717, 1.165) is 12.8 Å². The number of nitrogens with zero attached hydrogens (tertiary/aromatic N) is 1. The Morgan fingerprint density at radius 2 is 2.25 bits per heavy atom. The van der Waals surface area contributed by atoms with Gasteiger partial charge in [-0.15, -0.1) is 0 Å². The monoisotopic (exact) mass is 221 g/mol. The van der Waals surface area contributed by atoms with Crippen LogP contribution in [0.1, 0.15) is 32.3 Å². The number of ether oxygens (including phenoxy) is 1. The Balaban J connectivity index is 2.35. The van der Waals surface area contributed by atoms with Gasteiger partial charge in [-0.3, -0.25) is 5.41 Å². The normalized spacial score (nSPS) is 10.4. The van der Waals surface area contributed by atoms with Crippen LogP contribution in [0.3, 0.4) is 0 Å². The van der Waals surface area contributed by atoms with Crippen molar-refractivity contribution in [3.8, 4) is 5.88 Å². The summed E-state index contributed by atoms with van der Waals surface area (Å²) in [6, 6.07) is 3.49. The fourth-order valence-corrected chi connectivity index (χ4v) is 1.29. The van der Waals surface area contributed by atoms with Crippen molar-refractivity contribution in [2.24, 2.45) is 11.7 Å². The second kappa shape index (κ2) is 6.10. The van der Waals surface area contributed by atoms with Crippen LogP contribution in [-0.4, -0.2) is 17.4 Å². The number of rotatable bonds is 6. The van der Waals surface area contributed by atoms with Crippen molar-refractivity contribution in [2.75, 3.05) is 6.61 Å². The standard InChI is InChI=1S/C12H19N3O/c1-9(2)4-3-7-16-11-6-5-10(8-15-11)12(13)14/h5-6,8-9H,3-4,7H2,1-2H3,(H3,13,14). The first-order valence-electron chi connectivity index (χ1n) is 5.53. The van der Waals surface area contributed by atoms with Gasteiger partial charge in [0, 0.05) is 17.8 Å². The van der Waals surface area contributed by atoms with E-state index in [9.17, 15) is 0 Å². The molecule has 16 heavy (non-hydrogen) atoms. The highest BCUT2D eigenvalue weighted by molar-refractivity contribution is 5.94. The minimum atomic E-state index is 0.0267. The van der Waals surface area contributed by atoms with Gasteiger partial charge in [0.1, 0.15) is 5.84 Å². The zero-order valence-electron chi connectivity index (χ0n) is 9.86. The topological polar surface area (TPSA) is 72.0 Å². The highest BCUT2D eigenvalue weighted by Gasteiger charge is 1.99. The van der Waals surface area contributed by atoms with Crippen LogP contribution in [-0.2, 0) is 0 Å². The molecule has 0 aliphatic carbocycles. The van der Waals surface area contributed by atoms with Crippen LogP contribution in [0.25, 0.3) is 0 Å². The summed E-state index contributed by atoms with van der Waals surface area (Å²) < 4.78 is 5.47. The smallest absolute Gasteiger partial charge is 0.213 e. The molecule has 0 spiro atoms. The van der Waals surface area contributed by atoms with Gasteiger partial charge in [0.2, 0.25) is 5.88 Å². The maximum atomic E-state index is 7.22. The van der Waals surface area contributed by atoms with Crippen LogP contribution in [0.5, 0.6) is 5.88 Å². The fraction of sp³-hybridized carbons (Fsp3) is 0.500. The molecule has 0 fully saturated rings. The molecule has 0 unspecified atom stereocenters. The molecule has 1 aromatic heterocycles. The number of hydrogen-bond donors (Lipinski definition) is 2. The highest BCUT2D eigenvalue weighted by atomic mass is 16.5. The van der Waals surface area contributed by atoms with Gasteiger partial charge >= 0.3 is 0 Å². The predicted molar refractivity (Wildman–Crippen MR) is 64.8 cm³/mol. The maximum Gasteiger partial charge on any atom is 0.213 e. The van der Waals surface area contributed by atoms with Gasteiger partial charge in [-0.2, -0.15) is 0 Å². The van der Waals surface area contributed by atoms with Crippen molar-refractivity contribution in [3.63, 3.8) is 0 Å². The molecule has 4 heteroatoms. The number of nitrogens with one attached hydrogen (secondary N) is 1. The van der Waals surface area contributed by atoms with Crippen molar-refractivity contribution in [1.82, 2.24) is 4.98 Å². The molecule has 0 radical (unpaired) electrons. The number of nitrogens with two attached hydrogens (primary N) is 1. The highest BCUT2D eigenvalue weighted by Crippen LogP contribution is 2.09. The summed E-state index contributed by atoms with van der Waals surface area (Å²) in [4.78, 5) is 4.07. The van der Waals surface area contributed by atoms with Gasteiger partial charge in [-0.1, -0.05) is 13.8 Å². The lowest BCUT2D eigenvalue weighted by atomic mass is 10.1. The summed E-state index contributed by atoms with van der Waals surface area (Å²) in [6.07, 6.45) is 3.75. The molecule has 0 aliphatic rings. The Morgan fingerprint density at radius 3 is 2.75 bits per heavy atom. The lowest BCUT2D eigenvalue weighted by Crippen LogP contribution is -2.11. The summed E-state index contributed by atoms with van der Waals surface area (Å²) in [6.45, 7) is 5.07. The summed E-state index contributed by atoms with van der Waals surface area (Å²) in [5.41, 5.74) is 5.94. The molecular weight excluding hydrogens is 202 g/mol. The first kappa shape index (κ1) is 12.5. The van der Waals surface area contributed by atoms with Crippen LogP contribution in [0.2, 0.25) is 0 Å². The number of pyridine rings is 1. The molecule has 1 aromatic rings. The fourth-order valence-electron chi connectivity index (χ4n) is 1.29. The molecule has 4 nitrogen and oxygen atoms in total. The minimum Gasteiger partial charge on any atom is -0.478 e. The van der Waals surface area contributed by atoms with Crippen molar-refractivity contribution < 1.29 is 4.74 Å². The zero-order valence-corrected chi connectivity index (χ0v) is 9.86. The van der Waals surface area contributed by atoms with Gasteiger partial charge in [0.05, 0.1) is 6.61 Å². The summed E-state index contributed by atoms with van der Waals surface area (Å²) in [5.74, 6) is 1.32. The number of amidine groups is 1. The lowest BCUT2D eigenvalue weighted by Gasteiger charge is -2.07. The van der Waals surface area contributed by atoms with Gasteiger partial charge in [-0.25, -0.2) is 4.98 Å². The summed E-state index contributed by atoms with van der Waals surface area (Å²) >= 11 is 0. The lowest BCUT2D eigenvalue weighted by molar-refractivity contribution is 0.287. The average molecular weight is 221 g/mol. The van der Waals surface area contributed by atoms with E-state index in [1.165, 1.54) is 0 Å². The van der Waals surface area contributed by atoms with Gasteiger partial charge in [0.15, 0.2) is 0 Å². The second-order valence-electron chi connectivity index (χ2n) is 4.18. The van der Waals surface area contributed by atoms with Crippen molar-refractivity contribution >= 4 is 5.84 Å². The Morgan fingerprint density at radius 1 is 1.50 bits per heavy atom. The third-order valence-electron chi connectivity index (χ3n) is 2.22. The van der Waals surface area contributed by atoms with Crippen LogP contribution >= 0.6 is 0 Å². The molecule has 0 aromatic carbocycles. The van der Waals surface area contributed by atoms with Crippen LogP contribution in [0, 0.1) is 11.3 Å². The molecule has 0 saturated carbocycles. The molecule has 0 saturated heterocycles. The first-order valence-corrected chi connectivity index (χ1v) is 5.53. The van der Waals surface area contributed by atoms with E-state index < -0.39 is 0 Å². The molecule has 88 valence electrons. The third-order valence-corrected chi connectivity index (χ3v) is 2.22. The van der Waals surface area contributed by atoms with E-state index in [1.807, 2.05) is 0 Å². The molecule has 0 aliphatic heterocycles. The zero-order chi connectivity index (χ0) is 12.0. The van der Waals surface area contributed by atoms with E-state index in [1.54, 1.807) is 18.3 Å². The minimum absolute atomic E-state index is 0.0267. The largest absolute Gasteiger partial charge is 0.478 e. The predicted octanol–water partition coefficient (Wildman–Crippen LogP) is 2.18. The Hall–Kier alpha value is -1.58. The summed E-state index contributed by atoms with van der Waals surface area (Å²) in [7, 11) is 0. The van der Waals surface area contributed by atoms with Crippen molar-refractivity contribution in [1.29, 1.82) is 5.41 Å². The van der Waals surface area contributed by atoms with E-state index >= 15 is 0 Å². The Labute approximate surface area is 96.3 Å². The van der Waals surface area contributed by atoms with Crippen LogP contribution < -0.4 is 10.5 Å². The summed E-state index contributed by atoms with van der Waals surface area (Å²) in [5, 5.41) is 7.22. The molecule has 0 bridgehead atoms. The van der Waals surface area contributed by atoms with Gasteiger partial charge < -0.3 is 10.5 Å².